The van der Waals surface area contributed by atoms with Crippen molar-refractivity contribution in [1.29, 1.82) is 0 Å². The molecule has 3 rings (SSSR count). The summed E-state index contributed by atoms with van der Waals surface area (Å²) in [6, 6.07) is 13.5. The van der Waals surface area contributed by atoms with E-state index in [2.05, 4.69) is 0 Å². The first-order valence-corrected chi connectivity index (χ1v) is 8.94. The van der Waals surface area contributed by atoms with Crippen LogP contribution in [0.3, 0.4) is 0 Å². The number of hydrogen-bond acceptors (Lipinski definition) is 3. The van der Waals surface area contributed by atoms with Crippen molar-refractivity contribution >= 4 is 28.6 Å². The van der Waals surface area contributed by atoms with Crippen LogP contribution in [0.15, 0.2) is 48.7 Å². The van der Waals surface area contributed by atoms with E-state index in [0.29, 0.717) is 5.88 Å². The minimum atomic E-state index is -0.571. The van der Waals surface area contributed by atoms with Crippen LogP contribution in [0.25, 0.3) is 22.0 Å². The summed E-state index contributed by atoms with van der Waals surface area (Å²) in [5, 5.41) is 0.957. The van der Waals surface area contributed by atoms with Gasteiger partial charge in [0.2, 0.25) is 0 Å². The van der Waals surface area contributed by atoms with Crippen molar-refractivity contribution in [1.82, 2.24) is 4.57 Å². The van der Waals surface area contributed by atoms with E-state index < -0.39 is 11.7 Å². The molecule has 0 aliphatic rings. The molecule has 0 aliphatic heterocycles. The van der Waals surface area contributed by atoms with Crippen LogP contribution in [0.2, 0.25) is 0 Å². The summed E-state index contributed by atoms with van der Waals surface area (Å²) in [5.41, 5.74) is 3.10. The summed E-state index contributed by atoms with van der Waals surface area (Å²) in [4.78, 5) is 12.7. The van der Waals surface area contributed by atoms with Gasteiger partial charge < -0.3 is 9.47 Å². The third-order valence-corrected chi connectivity index (χ3v) is 4.34. The number of aromatic nitrogens is 1. The number of alkyl halides is 1. The lowest BCUT2D eigenvalue weighted by Crippen LogP contribution is -2.26. The van der Waals surface area contributed by atoms with Crippen molar-refractivity contribution in [2.24, 2.45) is 0 Å². The highest BCUT2D eigenvalue weighted by molar-refractivity contribution is 6.18. The van der Waals surface area contributed by atoms with Crippen molar-refractivity contribution < 1.29 is 14.3 Å². The largest absolute Gasteiger partial charge is 0.497 e. The normalized spacial score (nSPS) is 11.6. The molecule has 0 bridgehead atoms. The SMILES string of the molecule is COc1ccc(-c2cn(C(=O)OC(C)(C)C)c3cccc(CCl)c23)cc1. The highest BCUT2D eigenvalue weighted by Gasteiger charge is 2.22. The number of rotatable bonds is 3. The third kappa shape index (κ3) is 3.56. The molecule has 0 N–H and O–H groups in total. The number of ether oxygens (including phenoxy) is 2. The zero-order chi connectivity index (χ0) is 18.9. The molecule has 136 valence electrons. The topological polar surface area (TPSA) is 40.5 Å². The van der Waals surface area contributed by atoms with Crippen LogP contribution in [0, 0.1) is 0 Å². The minimum absolute atomic E-state index is 0.360. The molecule has 26 heavy (non-hydrogen) atoms. The highest BCUT2D eigenvalue weighted by Crippen LogP contribution is 2.35. The first kappa shape index (κ1) is 18.3. The fourth-order valence-electron chi connectivity index (χ4n) is 2.92. The maximum Gasteiger partial charge on any atom is 0.419 e. The molecule has 0 fully saturated rings. The van der Waals surface area contributed by atoms with Gasteiger partial charge in [0.15, 0.2) is 0 Å². The number of carbonyl (C=O) groups is 1. The minimum Gasteiger partial charge on any atom is -0.497 e. The van der Waals surface area contributed by atoms with Crippen LogP contribution in [0.1, 0.15) is 26.3 Å². The van der Waals surface area contributed by atoms with Crippen LogP contribution in [0.4, 0.5) is 4.79 Å². The Kier molecular flexibility index (Phi) is 4.97. The van der Waals surface area contributed by atoms with E-state index in [-0.39, 0.29) is 0 Å². The van der Waals surface area contributed by atoms with Gasteiger partial charge in [-0.25, -0.2) is 4.79 Å². The number of benzene rings is 2. The summed E-state index contributed by atoms with van der Waals surface area (Å²) in [7, 11) is 1.63. The fraction of sp³-hybridized carbons (Fsp3) is 0.286. The van der Waals surface area contributed by atoms with Gasteiger partial charge >= 0.3 is 6.09 Å². The lowest BCUT2D eigenvalue weighted by atomic mass is 10.0. The fourth-order valence-corrected chi connectivity index (χ4v) is 3.15. The summed E-state index contributed by atoms with van der Waals surface area (Å²) in [6.45, 7) is 5.56. The molecule has 0 atom stereocenters. The Bertz CT molecular complexity index is 936. The second-order valence-electron chi connectivity index (χ2n) is 7.07. The molecular weight excluding hydrogens is 350 g/mol. The Labute approximate surface area is 158 Å². The van der Waals surface area contributed by atoms with Gasteiger partial charge in [-0.15, -0.1) is 11.6 Å². The monoisotopic (exact) mass is 371 g/mol. The molecule has 0 spiro atoms. The van der Waals surface area contributed by atoms with E-state index in [4.69, 9.17) is 21.1 Å². The quantitative estimate of drug-likeness (QED) is 0.543. The smallest absolute Gasteiger partial charge is 0.419 e. The third-order valence-electron chi connectivity index (χ3n) is 4.05. The predicted octanol–water partition coefficient (Wildman–Crippen LogP) is 5.84. The maximum absolute atomic E-state index is 12.7. The van der Waals surface area contributed by atoms with Gasteiger partial charge in [-0.05, 0) is 50.1 Å². The van der Waals surface area contributed by atoms with E-state index in [9.17, 15) is 4.79 Å². The summed E-state index contributed by atoms with van der Waals surface area (Å²) in [6.07, 6.45) is 1.41. The molecule has 1 heterocycles. The zero-order valence-electron chi connectivity index (χ0n) is 15.4. The Balaban J connectivity index is 2.20. The number of carbonyl (C=O) groups excluding carboxylic acids is 1. The lowest BCUT2D eigenvalue weighted by molar-refractivity contribution is 0.0544. The first-order chi connectivity index (χ1) is 12.3. The van der Waals surface area contributed by atoms with E-state index >= 15 is 0 Å². The highest BCUT2D eigenvalue weighted by atomic mass is 35.5. The van der Waals surface area contributed by atoms with Crippen LogP contribution >= 0.6 is 11.6 Å². The lowest BCUT2D eigenvalue weighted by Gasteiger charge is -2.19. The van der Waals surface area contributed by atoms with Crippen LogP contribution in [0.5, 0.6) is 5.75 Å². The summed E-state index contributed by atoms with van der Waals surface area (Å²) < 4.78 is 12.3. The first-order valence-electron chi connectivity index (χ1n) is 8.41. The molecule has 0 saturated heterocycles. The molecule has 5 heteroatoms. The van der Waals surface area contributed by atoms with Gasteiger partial charge in [0.25, 0.3) is 0 Å². The molecule has 0 aliphatic carbocycles. The van der Waals surface area contributed by atoms with Gasteiger partial charge in [-0.3, -0.25) is 4.57 Å². The Morgan fingerprint density at radius 2 is 1.81 bits per heavy atom. The van der Waals surface area contributed by atoms with Gasteiger partial charge in [-0.1, -0.05) is 24.3 Å². The van der Waals surface area contributed by atoms with Crippen molar-refractivity contribution in [3.8, 4) is 16.9 Å². The molecule has 0 radical (unpaired) electrons. The molecule has 3 aromatic rings. The van der Waals surface area contributed by atoms with Crippen LogP contribution < -0.4 is 4.74 Å². The van der Waals surface area contributed by atoms with E-state index in [1.54, 1.807) is 11.7 Å². The predicted molar refractivity (Wildman–Crippen MR) is 105 cm³/mol. The second kappa shape index (κ2) is 7.04. The van der Waals surface area contributed by atoms with Crippen molar-refractivity contribution in [2.45, 2.75) is 32.3 Å². The molecule has 0 saturated carbocycles. The zero-order valence-corrected chi connectivity index (χ0v) is 16.1. The maximum atomic E-state index is 12.7. The Morgan fingerprint density at radius 1 is 1.12 bits per heavy atom. The summed E-state index contributed by atoms with van der Waals surface area (Å²) in [5.74, 6) is 1.14. The standard InChI is InChI=1S/C21H22ClNO3/c1-21(2,3)26-20(24)23-13-17(14-8-10-16(25-4)11-9-14)19-15(12-22)6-5-7-18(19)23/h5-11,13H,12H2,1-4H3. The van der Waals surface area contributed by atoms with Crippen molar-refractivity contribution in [2.75, 3.05) is 7.11 Å². The number of fused-ring (bicyclic) bond motifs is 1. The molecule has 1 aromatic heterocycles. The average molecular weight is 372 g/mol. The van der Waals surface area contributed by atoms with Gasteiger partial charge in [0, 0.05) is 23.0 Å². The van der Waals surface area contributed by atoms with Gasteiger partial charge in [-0.2, -0.15) is 0 Å². The van der Waals surface area contributed by atoms with Crippen LogP contribution in [-0.4, -0.2) is 23.4 Å². The van der Waals surface area contributed by atoms with Crippen LogP contribution in [-0.2, 0) is 10.6 Å². The number of hydrogen-bond donors (Lipinski definition) is 0. The number of halogens is 1. The molecule has 2 aromatic carbocycles. The Hall–Kier alpha value is -2.46. The van der Waals surface area contributed by atoms with E-state index in [0.717, 1.165) is 33.3 Å². The molecule has 0 amide bonds. The van der Waals surface area contributed by atoms with E-state index in [1.807, 2.05) is 69.4 Å². The average Bonchev–Trinajstić information content (AvgIpc) is 3.00. The summed E-state index contributed by atoms with van der Waals surface area (Å²) >= 11 is 6.16. The molecule has 4 nitrogen and oxygen atoms in total. The van der Waals surface area contributed by atoms with Crippen molar-refractivity contribution in [3.63, 3.8) is 0 Å². The molecule has 0 unspecified atom stereocenters. The van der Waals surface area contributed by atoms with Crippen molar-refractivity contribution in [3.05, 3.63) is 54.2 Å². The number of nitrogens with zero attached hydrogens (tertiary/aromatic N) is 1. The van der Waals surface area contributed by atoms with Gasteiger partial charge in [0.05, 0.1) is 12.6 Å². The van der Waals surface area contributed by atoms with E-state index in [1.165, 1.54) is 0 Å². The Morgan fingerprint density at radius 3 is 2.38 bits per heavy atom. The number of methoxy groups -OCH3 is 1. The van der Waals surface area contributed by atoms with Gasteiger partial charge in [0.1, 0.15) is 11.4 Å². The second-order valence-corrected chi connectivity index (χ2v) is 7.33. The molecular formula is C21H22ClNO3.